The number of anilines is 1. The molecule has 4 saturated heterocycles. The molecule has 6 aliphatic rings. The molecule has 5 heterocycles. The molecule has 5 bridgehead atoms. The Morgan fingerprint density at radius 2 is 2.00 bits per heavy atom. The van der Waals surface area contributed by atoms with Crippen LogP contribution in [-0.2, 0) is 5.41 Å². The van der Waals surface area contributed by atoms with E-state index in [0.717, 1.165) is 19.3 Å². The topological polar surface area (TPSA) is 46.9 Å². The number of para-hydroxylation sites is 1. The first-order chi connectivity index (χ1) is 11.6. The average molecular weight is 326 g/mol. The predicted molar refractivity (Wildman–Crippen MR) is 91.7 cm³/mol. The maximum Gasteiger partial charge on any atom is 0.111 e. The van der Waals surface area contributed by atoms with Crippen molar-refractivity contribution in [3.8, 4) is 0 Å². The van der Waals surface area contributed by atoms with E-state index in [9.17, 15) is 10.2 Å². The normalized spacial score (nSPS) is 55.8. The van der Waals surface area contributed by atoms with Gasteiger partial charge in [-0.2, -0.15) is 0 Å². The summed E-state index contributed by atoms with van der Waals surface area (Å²) in [6, 6.07) is 9.70. The molecule has 1 unspecified atom stereocenters. The van der Waals surface area contributed by atoms with E-state index in [1.54, 1.807) is 0 Å². The van der Waals surface area contributed by atoms with Crippen LogP contribution in [0.3, 0.4) is 0 Å². The van der Waals surface area contributed by atoms with Gasteiger partial charge >= 0.3 is 0 Å². The summed E-state index contributed by atoms with van der Waals surface area (Å²) in [5.74, 6) is 1.14. The first kappa shape index (κ1) is 14.1. The summed E-state index contributed by atoms with van der Waals surface area (Å²) >= 11 is 0. The molecule has 128 valence electrons. The summed E-state index contributed by atoms with van der Waals surface area (Å²) in [5, 5.41) is 22.6. The smallest absolute Gasteiger partial charge is 0.111 e. The van der Waals surface area contributed by atoms with Crippen LogP contribution in [0.4, 0.5) is 5.69 Å². The lowest BCUT2D eigenvalue weighted by Crippen LogP contribution is -2.72. The molecule has 5 aliphatic heterocycles. The number of nitrogens with zero attached hydrogens (tertiary/aromatic N) is 2. The minimum Gasteiger partial charge on any atom is -0.392 e. The van der Waals surface area contributed by atoms with E-state index >= 15 is 0 Å². The molecule has 1 saturated carbocycles. The maximum atomic E-state index is 11.6. The number of hydrogen-bond donors (Lipinski definition) is 2. The quantitative estimate of drug-likeness (QED) is 0.822. The number of aliphatic hydroxyl groups excluding tert-OH is 2. The van der Waals surface area contributed by atoms with Crippen LogP contribution in [0.5, 0.6) is 0 Å². The van der Waals surface area contributed by atoms with E-state index in [2.05, 4.69) is 48.0 Å². The van der Waals surface area contributed by atoms with Gasteiger partial charge in [0.25, 0.3) is 0 Å². The van der Waals surface area contributed by atoms with Crippen molar-refractivity contribution in [2.45, 2.75) is 62.1 Å². The predicted octanol–water partition coefficient (Wildman–Crippen LogP) is 1.55. The Bertz CT molecular complexity index is 723. The van der Waals surface area contributed by atoms with E-state index in [-0.39, 0.29) is 17.7 Å². The lowest BCUT2D eigenvalue weighted by atomic mass is 9.62. The first-order valence-corrected chi connectivity index (χ1v) is 9.57. The number of rotatable bonds is 1. The molecule has 4 heteroatoms. The highest BCUT2D eigenvalue weighted by molar-refractivity contribution is 5.67. The molecule has 1 spiro atoms. The van der Waals surface area contributed by atoms with Crippen LogP contribution >= 0.6 is 0 Å². The van der Waals surface area contributed by atoms with E-state index in [1.807, 2.05) is 0 Å². The van der Waals surface area contributed by atoms with E-state index < -0.39 is 0 Å². The molecule has 0 aromatic heterocycles. The Hall–Kier alpha value is -1.10. The third kappa shape index (κ3) is 1.20. The zero-order chi connectivity index (χ0) is 16.4. The summed E-state index contributed by atoms with van der Waals surface area (Å²) < 4.78 is 0. The van der Waals surface area contributed by atoms with Crippen molar-refractivity contribution >= 4 is 5.69 Å². The maximum absolute atomic E-state index is 11.6. The van der Waals surface area contributed by atoms with Crippen LogP contribution in [0, 0.1) is 17.8 Å². The van der Waals surface area contributed by atoms with Gasteiger partial charge in [0, 0.05) is 42.1 Å². The van der Waals surface area contributed by atoms with E-state index in [1.165, 1.54) is 11.3 Å². The monoisotopic (exact) mass is 326 g/mol. The van der Waals surface area contributed by atoms with Gasteiger partial charge in [0.05, 0.1) is 12.1 Å². The van der Waals surface area contributed by atoms with Crippen molar-refractivity contribution < 1.29 is 10.2 Å². The Kier molecular flexibility index (Phi) is 2.45. The van der Waals surface area contributed by atoms with E-state index in [0.29, 0.717) is 35.9 Å². The van der Waals surface area contributed by atoms with Gasteiger partial charge in [-0.1, -0.05) is 25.1 Å². The summed E-state index contributed by atoms with van der Waals surface area (Å²) in [5.41, 5.74) is 2.51. The highest BCUT2D eigenvalue weighted by atomic mass is 16.3. The number of fused-ring (bicyclic) bond motifs is 2. The second-order valence-electron chi connectivity index (χ2n) is 8.81. The van der Waals surface area contributed by atoms with Crippen molar-refractivity contribution in [1.29, 1.82) is 0 Å². The molecular formula is C20H26N2O2. The van der Waals surface area contributed by atoms with Gasteiger partial charge in [-0.15, -0.1) is 0 Å². The number of benzene rings is 1. The van der Waals surface area contributed by atoms with Crippen molar-refractivity contribution in [2.24, 2.45) is 17.8 Å². The second-order valence-corrected chi connectivity index (χ2v) is 8.81. The van der Waals surface area contributed by atoms with Crippen molar-refractivity contribution in [1.82, 2.24) is 4.90 Å². The third-order valence-electron chi connectivity index (χ3n) is 8.46. The van der Waals surface area contributed by atoms with Crippen LogP contribution in [0.15, 0.2) is 24.3 Å². The van der Waals surface area contributed by atoms with E-state index in [4.69, 9.17) is 0 Å². The molecule has 5 fully saturated rings. The number of piperidine rings is 4. The van der Waals surface area contributed by atoms with Crippen molar-refractivity contribution in [3.05, 3.63) is 29.8 Å². The fraction of sp³-hybridized carbons (Fsp3) is 0.700. The molecule has 4 nitrogen and oxygen atoms in total. The fourth-order valence-electron chi connectivity index (χ4n) is 7.88. The largest absolute Gasteiger partial charge is 0.392 e. The van der Waals surface area contributed by atoms with Gasteiger partial charge < -0.3 is 15.1 Å². The number of likely N-dealkylation sites (N-methyl/N-ethyl adjacent to an activating group) is 1. The fourth-order valence-corrected chi connectivity index (χ4v) is 7.88. The summed E-state index contributed by atoms with van der Waals surface area (Å²) in [6.07, 6.45) is 2.56. The molecule has 7 rings (SSSR count). The molecule has 1 aromatic carbocycles. The standard InChI is InChI=1S/C20H26N2O2/c1-3-10-11-8-14-17-20(12-6-4-5-7-13(12)21(17)2)9-15(16(11)18(20)23)22(14)19(10)24/h4-7,10-11,14-19,23-24H,3,8-9H2,1-2H3/t10-,11-,14-,15-,16-,17-,18+,19-,20+/m0/s1. The highest BCUT2D eigenvalue weighted by Crippen LogP contribution is 2.68. The molecule has 1 aliphatic carbocycles. The lowest BCUT2D eigenvalue weighted by molar-refractivity contribution is -0.211. The molecule has 1 aromatic rings. The third-order valence-corrected chi connectivity index (χ3v) is 8.46. The molecule has 0 amide bonds. The van der Waals surface area contributed by atoms with Crippen molar-refractivity contribution in [2.75, 3.05) is 11.9 Å². The van der Waals surface area contributed by atoms with Crippen LogP contribution in [-0.4, -0.2) is 52.6 Å². The zero-order valence-corrected chi connectivity index (χ0v) is 14.3. The Morgan fingerprint density at radius 3 is 2.79 bits per heavy atom. The summed E-state index contributed by atoms with van der Waals surface area (Å²) in [6.45, 7) is 2.19. The highest BCUT2D eigenvalue weighted by Gasteiger charge is 2.76. The Balaban J connectivity index is 1.60. The van der Waals surface area contributed by atoms with Gasteiger partial charge in [0.1, 0.15) is 6.23 Å². The SMILES string of the molecule is CC[C@H]1[C@@H]2C[C@H]3[C@@H]4N(C)c5ccccc5[C@]45C[C@@H]([C@H]2[C@H]5O)N3[C@H]1O. The molecule has 10 atom stereocenters. The molecule has 24 heavy (non-hydrogen) atoms. The second kappa shape index (κ2) is 4.17. The summed E-state index contributed by atoms with van der Waals surface area (Å²) in [4.78, 5) is 4.83. The minimum absolute atomic E-state index is 0.126. The number of hydrogen-bond acceptors (Lipinski definition) is 4. The van der Waals surface area contributed by atoms with Crippen LogP contribution in [0.1, 0.15) is 31.7 Å². The first-order valence-electron chi connectivity index (χ1n) is 9.57. The molecule has 0 radical (unpaired) electrons. The van der Waals surface area contributed by atoms with Crippen LogP contribution < -0.4 is 4.90 Å². The van der Waals surface area contributed by atoms with Gasteiger partial charge in [-0.05, 0) is 36.8 Å². The van der Waals surface area contributed by atoms with Gasteiger partial charge in [0.15, 0.2) is 0 Å². The lowest BCUT2D eigenvalue weighted by Gasteiger charge is -2.62. The van der Waals surface area contributed by atoms with Gasteiger partial charge in [-0.3, -0.25) is 4.90 Å². The van der Waals surface area contributed by atoms with Crippen LogP contribution in [0.25, 0.3) is 0 Å². The minimum atomic E-state index is -0.319. The van der Waals surface area contributed by atoms with Crippen molar-refractivity contribution in [3.63, 3.8) is 0 Å². The van der Waals surface area contributed by atoms with Gasteiger partial charge in [0.2, 0.25) is 0 Å². The van der Waals surface area contributed by atoms with Crippen LogP contribution in [0.2, 0.25) is 0 Å². The molecule has 2 N–H and O–H groups in total. The summed E-state index contributed by atoms with van der Waals surface area (Å²) in [7, 11) is 2.19. The zero-order valence-electron chi connectivity index (χ0n) is 14.3. The average Bonchev–Trinajstić information content (AvgIpc) is 2.97. The molecular weight excluding hydrogens is 300 g/mol. The Morgan fingerprint density at radius 1 is 1.21 bits per heavy atom. The van der Waals surface area contributed by atoms with Gasteiger partial charge in [-0.25, -0.2) is 0 Å². The Labute approximate surface area is 143 Å². The number of aliphatic hydroxyl groups is 2.